The zero-order chi connectivity index (χ0) is 15.2. The van der Waals surface area contributed by atoms with Crippen LogP contribution in [0.3, 0.4) is 0 Å². The maximum Gasteiger partial charge on any atom is 0.133 e. The minimum Gasteiger partial charge on any atom is -0.496 e. The molecular formula is C17H17Br3O. The van der Waals surface area contributed by atoms with E-state index in [2.05, 4.69) is 84.2 Å². The summed E-state index contributed by atoms with van der Waals surface area (Å²) in [6, 6.07) is 14.8. The van der Waals surface area contributed by atoms with Crippen molar-refractivity contribution in [3.05, 3.63) is 62.5 Å². The first-order chi connectivity index (χ1) is 10.1. The molecule has 0 fully saturated rings. The molecular weight excluding hydrogens is 460 g/mol. The molecule has 0 N–H and O–H groups in total. The molecule has 0 aliphatic heterocycles. The van der Waals surface area contributed by atoms with E-state index < -0.39 is 0 Å². The van der Waals surface area contributed by atoms with Gasteiger partial charge in [-0.3, -0.25) is 0 Å². The van der Waals surface area contributed by atoms with Crippen LogP contribution in [0.25, 0.3) is 0 Å². The average Bonchev–Trinajstić information content (AvgIpc) is 2.47. The minimum absolute atomic E-state index is 0.569. The van der Waals surface area contributed by atoms with E-state index in [1.807, 2.05) is 6.07 Å². The summed E-state index contributed by atoms with van der Waals surface area (Å²) in [5, 5.41) is 0.989. The largest absolute Gasteiger partial charge is 0.496 e. The zero-order valence-electron chi connectivity index (χ0n) is 11.8. The van der Waals surface area contributed by atoms with Gasteiger partial charge in [0.1, 0.15) is 5.75 Å². The second-order valence-corrected chi connectivity index (χ2v) is 7.44. The second kappa shape index (κ2) is 8.35. The molecule has 0 aliphatic carbocycles. The minimum atomic E-state index is 0.569. The van der Waals surface area contributed by atoms with E-state index in [9.17, 15) is 0 Å². The highest BCUT2D eigenvalue weighted by Crippen LogP contribution is 2.27. The molecule has 21 heavy (non-hydrogen) atoms. The normalized spacial score (nSPS) is 12.2. The summed E-state index contributed by atoms with van der Waals surface area (Å²) in [5.41, 5.74) is 2.68. The third-order valence-corrected chi connectivity index (χ3v) is 5.40. The number of methoxy groups -OCH3 is 1. The van der Waals surface area contributed by atoms with Crippen LogP contribution in [0.1, 0.15) is 11.1 Å². The van der Waals surface area contributed by atoms with Crippen molar-refractivity contribution >= 4 is 47.8 Å². The predicted octanol–water partition coefficient (Wildman–Crippen LogP) is 6.02. The van der Waals surface area contributed by atoms with E-state index in [4.69, 9.17) is 4.74 Å². The Balaban J connectivity index is 2.07. The van der Waals surface area contributed by atoms with Gasteiger partial charge in [-0.1, -0.05) is 50.1 Å². The van der Waals surface area contributed by atoms with Crippen molar-refractivity contribution in [1.29, 1.82) is 0 Å². The highest BCUT2D eigenvalue weighted by molar-refractivity contribution is 9.11. The van der Waals surface area contributed by atoms with Crippen molar-refractivity contribution < 1.29 is 4.74 Å². The molecule has 0 radical (unpaired) electrons. The lowest BCUT2D eigenvalue weighted by molar-refractivity contribution is 0.412. The molecule has 1 nitrogen and oxygen atoms in total. The number of rotatable bonds is 6. The van der Waals surface area contributed by atoms with Crippen LogP contribution in [0, 0.1) is 5.92 Å². The Labute approximate surface area is 151 Å². The summed E-state index contributed by atoms with van der Waals surface area (Å²) in [7, 11) is 1.69. The number of benzene rings is 2. The van der Waals surface area contributed by atoms with Gasteiger partial charge in [0.2, 0.25) is 0 Å². The molecule has 0 bridgehead atoms. The first-order valence-electron chi connectivity index (χ1n) is 6.75. The van der Waals surface area contributed by atoms with Crippen LogP contribution in [0.4, 0.5) is 0 Å². The van der Waals surface area contributed by atoms with E-state index in [0.29, 0.717) is 5.92 Å². The smallest absolute Gasteiger partial charge is 0.133 e. The number of alkyl halides is 1. The molecule has 1 unspecified atom stereocenters. The summed E-state index contributed by atoms with van der Waals surface area (Å²) in [6.07, 6.45) is 2.11. The Morgan fingerprint density at radius 3 is 2.29 bits per heavy atom. The quantitative estimate of drug-likeness (QED) is 0.463. The van der Waals surface area contributed by atoms with E-state index in [-0.39, 0.29) is 0 Å². The molecule has 112 valence electrons. The van der Waals surface area contributed by atoms with Gasteiger partial charge in [-0.15, -0.1) is 0 Å². The number of hydrogen-bond donors (Lipinski definition) is 0. The standard InChI is InChI=1S/C17H17Br3O/c1-21-17-6-5-13(10-16(17)20)8-14(11-18)7-12-3-2-4-15(19)9-12/h2-6,9-10,14H,7-8,11H2,1H3. The van der Waals surface area contributed by atoms with Crippen molar-refractivity contribution in [1.82, 2.24) is 0 Å². The zero-order valence-corrected chi connectivity index (χ0v) is 16.5. The van der Waals surface area contributed by atoms with Crippen LogP contribution in [-0.2, 0) is 12.8 Å². The maximum atomic E-state index is 5.28. The number of hydrogen-bond acceptors (Lipinski definition) is 1. The average molecular weight is 477 g/mol. The van der Waals surface area contributed by atoms with Crippen LogP contribution in [-0.4, -0.2) is 12.4 Å². The van der Waals surface area contributed by atoms with Crippen molar-refractivity contribution in [2.75, 3.05) is 12.4 Å². The fourth-order valence-electron chi connectivity index (χ4n) is 2.35. The Morgan fingerprint density at radius 1 is 1.00 bits per heavy atom. The van der Waals surface area contributed by atoms with Crippen molar-refractivity contribution in [2.24, 2.45) is 5.92 Å². The molecule has 0 aromatic heterocycles. The summed E-state index contributed by atoms with van der Waals surface area (Å²) in [4.78, 5) is 0. The second-order valence-electron chi connectivity index (χ2n) is 5.03. The van der Waals surface area contributed by atoms with E-state index in [1.54, 1.807) is 7.11 Å². The lowest BCUT2D eigenvalue weighted by Crippen LogP contribution is -2.10. The molecule has 2 aromatic carbocycles. The molecule has 0 heterocycles. The molecule has 4 heteroatoms. The van der Waals surface area contributed by atoms with Gasteiger partial charge in [0.25, 0.3) is 0 Å². The van der Waals surface area contributed by atoms with Crippen molar-refractivity contribution in [3.8, 4) is 5.75 Å². The molecule has 0 saturated carbocycles. The van der Waals surface area contributed by atoms with Crippen LogP contribution >= 0.6 is 47.8 Å². The van der Waals surface area contributed by atoms with E-state index in [1.165, 1.54) is 11.1 Å². The monoisotopic (exact) mass is 474 g/mol. The fraction of sp³-hybridized carbons (Fsp3) is 0.294. The van der Waals surface area contributed by atoms with Gasteiger partial charge >= 0.3 is 0 Å². The van der Waals surface area contributed by atoms with Crippen LogP contribution in [0.15, 0.2) is 51.4 Å². The van der Waals surface area contributed by atoms with Crippen LogP contribution < -0.4 is 4.74 Å². The molecule has 0 spiro atoms. The lowest BCUT2D eigenvalue weighted by Gasteiger charge is -2.15. The third kappa shape index (κ3) is 5.11. The first-order valence-corrected chi connectivity index (χ1v) is 9.46. The lowest BCUT2D eigenvalue weighted by atomic mass is 9.94. The Kier molecular flexibility index (Phi) is 6.77. The third-order valence-electron chi connectivity index (χ3n) is 3.37. The van der Waals surface area contributed by atoms with Crippen LogP contribution in [0.5, 0.6) is 5.75 Å². The van der Waals surface area contributed by atoms with Crippen molar-refractivity contribution in [3.63, 3.8) is 0 Å². The topological polar surface area (TPSA) is 9.23 Å². The molecule has 2 rings (SSSR count). The number of halogens is 3. The van der Waals surface area contributed by atoms with E-state index >= 15 is 0 Å². The summed E-state index contributed by atoms with van der Waals surface area (Å²) in [6.45, 7) is 0. The van der Waals surface area contributed by atoms with Crippen LogP contribution in [0.2, 0.25) is 0 Å². The molecule has 2 aromatic rings. The Hall–Kier alpha value is -0.320. The molecule has 0 amide bonds. The van der Waals surface area contributed by atoms with Gasteiger partial charge in [0.05, 0.1) is 11.6 Å². The molecule has 1 atom stereocenters. The first kappa shape index (κ1) is 17.0. The maximum absolute atomic E-state index is 5.28. The Bertz CT molecular complexity index is 598. The molecule has 0 saturated heterocycles. The van der Waals surface area contributed by atoms with E-state index in [0.717, 1.165) is 32.9 Å². The summed E-state index contributed by atoms with van der Waals surface area (Å²) in [5.74, 6) is 1.45. The van der Waals surface area contributed by atoms with Gasteiger partial charge < -0.3 is 4.74 Å². The summed E-state index contributed by atoms with van der Waals surface area (Å²) >= 11 is 10.7. The highest BCUT2D eigenvalue weighted by atomic mass is 79.9. The Morgan fingerprint density at radius 2 is 1.71 bits per heavy atom. The summed E-state index contributed by atoms with van der Waals surface area (Å²) < 4.78 is 7.43. The van der Waals surface area contributed by atoms with Crippen molar-refractivity contribution in [2.45, 2.75) is 12.8 Å². The molecule has 0 aliphatic rings. The fourth-order valence-corrected chi connectivity index (χ4v) is 3.84. The predicted molar refractivity (Wildman–Crippen MR) is 99.5 cm³/mol. The van der Waals surface area contributed by atoms with Gasteiger partial charge in [0.15, 0.2) is 0 Å². The van der Waals surface area contributed by atoms with Gasteiger partial charge in [0, 0.05) is 9.80 Å². The highest BCUT2D eigenvalue weighted by Gasteiger charge is 2.11. The van der Waals surface area contributed by atoms with Gasteiger partial charge in [-0.05, 0) is 70.1 Å². The van der Waals surface area contributed by atoms with Gasteiger partial charge in [-0.25, -0.2) is 0 Å². The van der Waals surface area contributed by atoms with Gasteiger partial charge in [-0.2, -0.15) is 0 Å². The SMILES string of the molecule is COc1ccc(CC(CBr)Cc2cccc(Br)c2)cc1Br. The number of ether oxygens (including phenoxy) is 1.